The van der Waals surface area contributed by atoms with Gasteiger partial charge in [-0.2, -0.15) is 0 Å². The fraction of sp³-hybridized carbons (Fsp3) is 0.286. The van der Waals surface area contributed by atoms with Crippen molar-refractivity contribution in [2.45, 2.75) is 38.6 Å². The van der Waals surface area contributed by atoms with Crippen LogP contribution < -0.4 is 10.1 Å². The van der Waals surface area contributed by atoms with E-state index < -0.39 is 0 Å². The molecule has 0 atom stereocenters. The summed E-state index contributed by atoms with van der Waals surface area (Å²) in [6.45, 7) is 5.00. The van der Waals surface area contributed by atoms with Crippen LogP contribution in [0, 0.1) is 0 Å². The van der Waals surface area contributed by atoms with Crippen molar-refractivity contribution in [2.24, 2.45) is 0 Å². The second kappa shape index (κ2) is 10.3. The number of carbonyl (C=O) groups is 1. The van der Waals surface area contributed by atoms with Crippen LogP contribution >= 0.6 is 23.4 Å². The fourth-order valence-corrected chi connectivity index (χ4v) is 3.83. The summed E-state index contributed by atoms with van der Waals surface area (Å²) in [4.78, 5) is 12.4. The van der Waals surface area contributed by atoms with E-state index in [1.165, 1.54) is 11.8 Å². The molecule has 3 aromatic rings. The Morgan fingerprint density at radius 1 is 1.14 bits per heavy atom. The van der Waals surface area contributed by atoms with Crippen molar-refractivity contribution in [3.8, 4) is 5.75 Å². The van der Waals surface area contributed by atoms with Crippen molar-refractivity contribution < 1.29 is 9.53 Å². The minimum atomic E-state index is -0.0737. The molecule has 0 saturated carbocycles. The third-order valence-electron chi connectivity index (χ3n) is 4.31. The zero-order chi connectivity index (χ0) is 20.6. The van der Waals surface area contributed by atoms with E-state index in [1.807, 2.05) is 54.0 Å². The summed E-state index contributed by atoms with van der Waals surface area (Å²) in [5.74, 6) is 1.46. The van der Waals surface area contributed by atoms with Crippen LogP contribution in [0.25, 0.3) is 0 Å². The molecule has 3 rings (SSSR count). The number of para-hydroxylation sites is 2. The van der Waals surface area contributed by atoms with Crippen molar-refractivity contribution in [1.29, 1.82) is 0 Å². The number of ether oxygens (including phenoxy) is 1. The fourth-order valence-electron chi connectivity index (χ4n) is 2.82. The SMILES string of the molecule is CCc1ccccc1NC(=O)CSc1nnc(COc2ccccc2Cl)n1CC. The Labute approximate surface area is 179 Å². The van der Waals surface area contributed by atoms with Gasteiger partial charge in [-0.25, -0.2) is 0 Å². The smallest absolute Gasteiger partial charge is 0.234 e. The number of carbonyl (C=O) groups excluding carboxylic acids is 1. The van der Waals surface area contributed by atoms with Crippen molar-refractivity contribution in [2.75, 3.05) is 11.1 Å². The van der Waals surface area contributed by atoms with Crippen LogP contribution in [0.4, 0.5) is 5.69 Å². The van der Waals surface area contributed by atoms with Crippen molar-refractivity contribution in [3.05, 3.63) is 64.9 Å². The molecule has 1 aromatic heterocycles. The molecule has 0 aliphatic carbocycles. The van der Waals surface area contributed by atoms with E-state index in [1.54, 1.807) is 6.07 Å². The molecule has 6 nitrogen and oxygen atoms in total. The number of hydrogen-bond donors (Lipinski definition) is 1. The highest BCUT2D eigenvalue weighted by molar-refractivity contribution is 7.99. The Balaban J connectivity index is 1.60. The van der Waals surface area contributed by atoms with Gasteiger partial charge in [0, 0.05) is 12.2 Å². The first-order valence-electron chi connectivity index (χ1n) is 9.42. The number of nitrogens with zero attached hydrogens (tertiary/aromatic N) is 3. The second-order valence-corrected chi connectivity index (χ2v) is 7.56. The predicted octanol–water partition coefficient (Wildman–Crippen LogP) is 4.82. The van der Waals surface area contributed by atoms with Gasteiger partial charge in [0.1, 0.15) is 12.4 Å². The van der Waals surface area contributed by atoms with Crippen LogP contribution in [0.2, 0.25) is 5.02 Å². The monoisotopic (exact) mass is 430 g/mol. The highest BCUT2D eigenvalue weighted by Gasteiger charge is 2.15. The van der Waals surface area contributed by atoms with E-state index in [9.17, 15) is 4.79 Å². The predicted molar refractivity (Wildman–Crippen MR) is 117 cm³/mol. The molecule has 0 aliphatic rings. The van der Waals surface area contributed by atoms with Gasteiger partial charge in [0.25, 0.3) is 0 Å². The molecule has 2 aromatic carbocycles. The van der Waals surface area contributed by atoms with Crippen molar-refractivity contribution >= 4 is 35.0 Å². The minimum absolute atomic E-state index is 0.0737. The zero-order valence-corrected chi connectivity index (χ0v) is 18.0. The number of halogens is 1. The molecule has 1 N–H and O–H groups in total. The number of anilines is 1. The Morgan fingerprint density at radius 2 is 1.90 bits per heavy atom. The largest absolute Gasteiger partial charge is 0.484 e. The standard InChI is InChI=1S/C21H23ClN4O2S/c1-3-15-9-5-7-11-17(15)23-20(27)14-29-21-25-24-19(26(21)4-2)13-28-18-12-8-6-10-16(18)22/h5-12H,3-4,13-14H2,1-2H3,(H,23,27). The van der Waals surface area contributed by atoms with Gasteiger partial charge in [-0.1, -0.05) is 60.6 Å². The number of aryl methyl sites for hydroxylation is 1. The summed E-state index contributed by atoms with van der Waals surface area (Å²) in [7, 11) is 0. The molecule has 0 spiro atoms. The number of thioether (sulfide) groups is 1. The Kier molecular flexibility index (Phi) is 7.55. The van der Waals surface area contributed by atoms with E-state index in [2.05, 4.69) is 22.4 Å². The van der Waals surface area contributed by atoms with Crippen LogP contribution in [0.3, 0.4) is 0 Å². The lowest BCUT2D eigenvalue weighted by Crippen LogP contribution is -2.16. The first kappa shape index (κ1) is 21.2. The van der Waals surface area contributed by atoms with Crippen molar-refractivity contribution in [1.82, 2.24) is 14.8 Å². The third-order valence-corrected chi connectivity index (χ3v) is 5.59. The molecular formula is C21H23ClN4O2S. The summed E-state index contributed by atoms with van der Waals surface area (Å²) >= 11 is 7.48. The van der Waals surface area contributed by atoms with E-state index in [0.717, 1.165) is 17.7 Å². The van der Waals surface area contributed by atoms with E-state index in [4.69, 9.17) is 16.3 Å². The normalized spacial score (nSPS) is 10.7. The first-order chi connectivity index (χ1) is 14.1. The van der Waals surface area contributed by atoms with Gasteiger partial charge in [0.05, 0.1) is 10.8 Å². The summed E-state index contributed by atoms with van der Waals surface area (Å²) in [6, 6.07) is 15.1. The average molecular weight is 431 g/mol. The Morgan fingerprint density at radius 3 is 2.66 bits per heavy atom. The first-order valence-corrected chi connectivity index (χ1v) is 10.8. The van der Waals surface area contributed by atoms with Gasteiger partial charge in [0.2, 0.25) is 5.91 Å². The Bertz CT molecular complexity index is 977. The summed E-state index contributed by atoms with van der Waals surface area (Å²) < 4.78 is 7.70. The van der Waals surface area contributed by atoms with Crippen LogP contribution in [-0.4, -0.2) is 26.4 Å². The number of hydrogen-bond acceptors (Lipinski definition) is 5. The minimum Gasteiger partial charge on any atom is -0.484 e. The van der Waals surface area contributed by atoms with Crippen LogP contribution in [0.1, 0.15) is 25.2 Å². The molecule has 0 aliphatic heterocycles. The van der Waals surface area contributed by atoms with E-state index in [-0.39, 0.29) is 18.3 Å². The number of benzene rings is 2. The molecule has 8 heteroatoms. The lowest BCUT2D eigenvalue weighted by Gasteiger charge is -2.11. The zero-order valence-electron chi connectivity index (χ0n) is 16.4. The topological polar surface area (TPSA) is 69.0 Å². The molecule has 29 heavy (non-hydrogen) atoms. The number of nitrogens with one attached hydrogen (secondary N) is 1. The summed E-state index contributed by atoms with van der Waals surface area (Å²) in [6.07, 6.45) is 0.864. The van der Waals surface area contributed by atoms with E-state index in [0.29, 0.717) is 28.3 Å². The van der Waals surface area contributed by atoms with Crippen LogP contribution in [0.15, 0.2) is 53.7 Å². The third kappa shape index (κ3) is 5.52. The van der Waals surface area contributed by atoms with Gasteiger partial charge < -0.3 is 14.6 Å². The number of aromatic nitrogens is 3. The van der Waals surface area contributed by atoms with Gasteiger partial charge in [-0.3, -0.25) is 4.79 Å². The maximum Gasteiger partial charge on any atom is 0.234 e. The number of rotatable bonds is 9. The molecule has 1 amide bonds. The molecular weight excluding hydrogens is 408 g/mol. The number of amides is 1. The van der Waals surface area contributed by atoms with Gasteiger partial charge in [0.15, 0.2) is 11.0 Å². The summed E-state index contributed by atoms with van der Waals surface area (Å²) in [5.41, 5.74) is 1.97. The second-order valence-electron chi connectivity index (χ2n) is 6.21. The molecule has 0 saturated heterocycles. The quantitative estimate of drug-likeness (QED) is 0.492. The van der Waals surface area contributed by atoms with Crippen molar-refractivity contribution in [3.63, 3.8) is 0 Å². The average Bonchev–Trinajstić information content (AvgIpc) is 3.14. The molecule has 0 fully saturated rings. The highest BCUT2D eigenvalue weighted by atomic mass is 35.5. The van der Waals surface area contributed by atoms with Gasteiger partial charge in [-0.05, 0) is 37.1 Å². The lowest BCUT2D eigenvalue weighted by molar-refractivity contribution is -0.113. The van der Waals surface area contributed by atoms with Crippen LogP contribution in [0.5, 0.6) is 5.75 Å². The summed E-state index contributed by atoms with van der Waals surface area (Å²) in [5, 5.41) is 12.6. The molecule has 0 unspecified atom stereocenters. The van der Waals surface area contributed by atoms with E-state index >= 15 is 0 Å². The molecule has 152 valence electrons. The lowest BCUT2D eigenvalue weighted by atomic mass is 10.1. The maximum absolute atomic E-state index is 12.4. The van der Waals surface area contributed by atoms with Crippen LogP contribution in [-0.2, 0) is 24.4 Å². The van der Waals surface area contributed by atoms with Gasteiger partial charge >= 0.3 is 0 Å². The Hall–Kier alpha value is -2.51. The molecule has 1 heterocycles. The van der Waals surface area contributed by atoms with Gasteiger partial charge in [-0.15, -0.1) is 10.2 Å². The maximum atomic E-state index is 12.4. The molecule has 0 bridgehead atoms. The highest BCUT2D eigenvalue weighted by Crippen LogP contribution is 2.25. The molecule has 0 radical (unpaired) electrons.